The molecule has 0 radical (unpaired) electrons. The van der Waals surface area contributed by atoms with Gasteiger partial charge in [-0.3, -0.25) is 9.59 Å². The zero-order chi connectivity index (χ0) is 21.1. The van der Waals surface area contributed by atoms with E-state index in [2.05, 4.69) is 28.0 Å². The van der Waals surface area contributed by atoms with Crippen molar-refractivity contribution in [1.82, 2.24) is 19.6 Å². The molecule has 2 fully saturated rings. The fraction of sp³-hybridized carbons (Fsp3) is 0.522. The van der Waals surface area contributed by atoms with Gasteiger partial charge < -0.3 is 14.7 Å². The molecular weight excluding hydrogens is 378 g/mol. The minimum Gasteiger partial charge on any atom is -0.368 e. The number of aromatic nitrogens is 2. The van der Waals surface area contributed by atoms with Crippen LogP contribution in [-0.2, 0) is 11.2 Å². The molecular formula is C23H31N5O2. The van der Waals surface area contributed by atoms with Gasteiger partial charge in [0.05, 0.1) is 24.3 Å². The van der Waals surface area contributed by atoms with E-state index in [1.54, 1.807) is 16.9 Å². The highest BCUT2D eigenvalue weighted by atomic mass is 16.2. The Labute approximate surface area is 177 Å². The van der Waals surface area contributed by atoms with Crippen LogP contribution in [-0.4, -0.2) is 71.8 Å². The van der Waals surface area contributed by atoms with E-state index >= 15 is 0 Å². The van der Waals surface area contributed by atoms with Gasteiger partial charge in [-0.25, -0.2) is 4.68 Å². The number of amides is 1. The van der Waals surface area contributed by atoms with Crippen LogP contribution in [0.5, 0.6) is 0 Å². The number of piperazine rings is 1. The molecule has 0 saturated carbocycles. The molecule has 0 aliphatic carbocycles. The van der Waals surface area contributed by atoms with Gasteiger partial charge in [-0.15, -0.1) is 0 Å². The van der Waals surface area contributed by atoms with Gasteiger partial charge in [0.15, 0.2) is 0 Å². The molecule has 4 rings (SSSR count). The monoisotopic (exact) mass is 409 g/mol. The number of likely N-dealkylation sites (N-methyl/N-ethyl adjacent to an activating group) is 1. The zero-order valence-corrected chi connectivity index (χ0v) is 18.0. The van der Waals surface area contributed by atoms with Crippen LogP contribution in [0.3, 0.4) is 0 Å². The quantitative estimate of drug-likeness (QED) is 0.769. The molecule has 160 valence electrons. The zero-order valence-electron chi connectivity index (χ0n) is 18.0. The average molecular weight is 410 g/mol. The molecule has 7 heteroatoms. The van der Waals surface area contributed by atoms with Gasteiger partial charge in [-0.05, 0) is 32.4 Å². The van der Waals surface area contributed by atoms with E-state index < -0.39 is 0 Å². The highest BCUT2D eigenvalue weighted by molar-refractivity contribution is 5.79. The summed E-state index contributed by atoms with van der Waals surface area (Å²) in [6.45, 7) is 7.13. The molecule has 0 N–H and O–H groups in total. The topological polar surface area (TPSA) is 61.7 Å². The lowest BCUT2D eigenvalue weighted by molar-refractivity contribution is -0.132. The van der Waals surface area contributed by atoms with Crippen LogP contribution in [0.15, 0.2) is 41.3 Å². The summed E-state index contributed by atoms with van der Waals surface area (Å²) in [5, 5.41) is 4.50. The summed E-state index contributed by atoms with van der Waals surface area (Å²) in [4.78, 5) is 32.0. The number of carbonyl (C=O) groups is 1. The largest absolute Gasteiger partial charge is 0.368 e. The molecule has 0 bridgehead atoms. The Kier molecular flexibility index (Phi) is 6.18. The minimum atomic E-state index is -0.0792. The van der Waals surface area contributed by atoms with Gasteiger partial charge in [0.1, 0.15) is 0 Å². The summed E-state index contributed by atoms with van der Waals surface area (Å²) in [6.07, 6.45) is 3.97. The first-order chi connectivity index (χ1) is 14.5. The van der Waals surface area contributed by atoms with Crippen molar-refractivity contribution in [3.63, 3.8) is 0 Å². The molecule has 2 aliphatic heterocycles. The van der Waals surface area contributed by atoms with Crippen molar-refractivity contribution in [1.29, 1.82) is 0 Å². The Hall–Kier alpha value is -2.67. The summed E-state index contributed by atoms with van der Waals surface area (Å²) in [5.41, 5.74) is 3.01. The van der Waals surface area contributed by atoms with Crippen molar-refractivity contribution >= 4 is 11.6 Å². The first-order valence-electron chi connectivity index (χ1n) is 10.9. The normalized spacial score (nSPS) is 20.4. The van der Waals surface area contributed by atoms with Crippen molar-refractivity contribution in [2.24, 2.45) is 0 Å². The molecule has 0 spiro atoms. The maximum Gasteiger partial charge on any atom is 0.269 e. The number of piperidine rings is 1. The number of benzene rings is 1. The molecule has 2 aliphatic rings. The van der Waals surface area contributed by atoms with Crippen LogP contribution >= 0.6 is 0 Å². The van der Waals surface area contributed by atoms with Gasteiger partial charge in [0, 0.05) is 45.3 Å². The Bertz CT molecular complexity index is 949. The first kappa shape index (κ1) is 20.6. The fourth-order valence-electron chi connectivity index (χ4n) is 4.41. The van der Waals surface area contributed by atoms with Crippen LogP contribution in [0.1, 0.15) is 30.0 Å². The standard InChI is InChI=1S/C23H31N5O2/c1-18-5-3-6-19(13-18)14-22(29)27-8-4-7-20(17-27)28-23(30)15-21(16-24-28)26-11-9-25(2)10-12-26/h3,5-6,13,15-16,20H,4,7-12,14,17H2,1-2H3/t20-/m1/s1. The Morgan fingerprint density at radius 3 is 2.67 bits per heavy atom. The third-order valence-corrected chi connectivity index (χ3v) is 6.21. The number of aryl methyl sites for hydroxylation is 1. The van der Waals surface area contributed by atoms with Crippen molar-refractivity contribution < 1.29 is 4.79 Å². The summed E-state index contributed by atoms with van der Waals surface area (Å²) >= 11 is 0. The summed E-state index contributed by atoms with van der Waals surface area (Å²) in [7, 11) is 2.11. The second kappa shape index (κ2) is 9.00. The molecule has 1 aromatic heterocycles. The Morgan fingerprint density at radius 1 is 1.13 bits per heavy atom. The molecule has 1 atom stereocenters. The van der Waals surface area contributed by atoms with Crippen molar-refractivity contribution in [3.05, 3.63) is 58.0 Å². The predicted octanol–water partition coefficient (Wildman–Crippen LogP) is 1.71. The summed E-state index contributed by atoms with van der Waals surface area (Å²) in [5.74, 6) is 0.118. The number of anilines is 1. The van der Waals surface area contributed by atoms with E-state index in [4.69, 9.17) is 0 Å². The van der Waals surface area contributed by atoms with Crippen LogP contribution in [0.4, 0.5) is 5.69 Å². The second-order valence-electron chi connectivity index (χ2n) is 8.59. The number of hydrogen-bond donors (Lipinski definition) is 0. The third kappa shape index (κ3) is 4.73. The molecule has 1 aromatic carbocycles. The van der Waals surface area contributed by atoms with E-state index in [0.29, 0.717) is 13.0 Å². The SMILES string of the molecule is Cc1cccc(CC(=O)N2CCC[C@@H](n3ncc(N4CCN(C)CC4)cc3=O)C2)c1. The smallest absolute Gasteiger partial charge is 0.269 e. The molecule has 7 nitrogen and oxygen atoms in total. The van der Waals surface area contributed by atoms with Gasteiger partial charge in [0.2, 0.25) is 5.91 Å². The second-order valence-corrected chi connectivity index (χ2v) is 8.59. The van der Waals surface area contributed by atoms with Crippen molar-refractivity contribution in [2.75, 3.05) is 51.2 Å². The van der Waals surface area contributed by atoms with Crippen molar-refractivity contribution in [3.8, 4) is 0 Å². The van der Waals surface area contributed by atoms with E-state index in [-0.39, 0.29) is 17.5 Å². The summed E-state index contributed by atoms with van der Waals surface area (Å²) in [6, 6.07) is 9.72. The lowest BCUT2D eigenvalue weighted by Crippen LogP contribution is -2.46. The average Bonchev–Trinajstić information content (AvgIpc) is 2.74. The molecule has 3 heterocycles. The molecule has 0 unspecified atom stereocenters. The fourth-order valence-corrected chi connectivity index (χ4v) is 4.41. The van der Waals surface area contributed by atoms with Crippen LogP contribution < -0.4 is 10.5 Å². The maximum atomic E-state index is 12.8. The highest BCUT2D eigenvalue weighted by Gasteiger charge is 2.26. The number of hydrogen-bond acceptors (Lipinski definition) is 5. The Morgan fingerprint density at radius 2 is 1.93 bits per heavy atom. The van der Waals surface area contributed by atoms with Crippen LogP contribution in [0.2, 0.25) is 0 Å². The summed E-state index contributed by atoms with van der Waals surface area (Å²) < 4.78 is 1.58. The molecule has 2 saturated heterocycles. The lowest BCUT2D eigenvalue weighted by atomic mass is 10.0. The number of carbonyl (C=O) groups excluding carboxylic acids is 1. The predicted molar refractivity (Wildman–Crippen MR) is 118 cm³/mol. The van der Waals surface area contributed by atoms with E-state index in [0.717, 1.165) is 62.4 Å². The molecule has 1 amide bonds. The van der Waals surface area contributed by atoms with E-state index in [9.17, 15) is 9.59 Å². The van der Waals surface area contributed by atoms with Gasteiger partial charge in [-0.2, -0.15) is 5.10 Å². The van der Waals surface area contributed by atoms with Crippen LogP contribution in [0.25, 0.3) is 0 Å². The first-order valence-corrected chi connectivity index (χ1v) is 10.9. The lowest BCUT2D eigenvalue weighted by Gasteiger charge is -2.35. The number of rotatable bonds is 4. The minimum absolute atomic E-state index is 0.0609. The van der Waals surface area contributed by atoms with E-state index in [1.807, 2.05) is 30.0 Å². The van der Waals surface area contributed by atoms with Gasteiger partial charge in [0.25, 0.3) is 5.56 Å². The van der Waals surface area contributed by atoms with E-state index in [1.165, 1.54) is 0 Å². The third-order valence-electron chi connectivity index (χ3n) is 6.21. The van der Waals surface area contributed by atoms with Crippen LogP contribution in [0, 0.1) is 6.92 Å². The van der Waals surface area contributed by atoms with Gasteiger partial charge >= 0.3 is 0 Å². The number of likely N-dealkylation sites (tertiary alicyclic amines) is 1. The number of nitrogens with zero attached hydrogens (tertiary/aromatic N) is 5. The highest BCUT2D eigenvalue weighted by Crippen LogP contribution is 2.21. The molecule has 2 aromatic rings. The Balaban J connectivity index is 1.42. The molecule has 30 heavy (non-hydrogen) atoms. The maximum absolute atomic E-state index is 12.8. The van der Waals surface area contributed by atoms with Gasteiger partial charge in [-0.1, -0.05) is 29.8 Å². The van der Waals surface area contributed by atoms with Crippen molar-refractivity contribution in [2.45, 2.75) is 32.2 Å².